The van der Waals surface area contributed by atoms with Crippen LogP contribution in [0.25, 0.3) is 11.3 Å². The second-order valence-electron chi connectivity index (χ2n) is 5.23. The Kier molecular flexibility index (Phi) is 4.00. The van der Waals surface area contributed by atoms with Crippen molar-refractivity contribution in [3.63, 3.8) is 0 Å². The molecule has 0 unspecified atom stereocenters. The van der Waals surface area contributed by atoms with Gasteiger partial charge in [-0.15, -0.1) is 0 Å². The second-order valence-corrected chi connectivity index (χ2v) is 5.23. The van der Waals surface area contributed by atoms with E-state index < -0.39 is 0 Å². The van der Waals surface area contributed by atoms with E-state index in [9.17, 15) is 0 Å². The fourth-order valence-corrected chi connectivity index (χ4v) is 2.71. The van der Waals surface area contributed by atoms with E-state index in [-0.39, 0.29) is 5.95 Å². The largest absolute Gasteiger partial charge is 0.497 e. The Balaban J connectivity index is 2.04. The molecule has 1 aliphatic rings. The van der Waals surface area contributed by atoms with E-state index in [4.69, 9.17) is 15.2 Å². The van der Waals surface area contributed by atoms with Crippen LogP contribution >= 0.6 is 0 Å². The van der Waals surface area contributed by atoms with Crippen LogP contribution in [0, 0.1) is 0 Å². The highest BCUT2D eigenvalue weighted by Crippen LogP contribution is 2.34. The molecule has 6 heteroatoms. The lowest BCUT2D eigenvalue weighted by atomic mass is 10.1. The summed E-state index contributed by atoms with van der Waals surface area (Å²) in [4.78, 5) is 11.0. The number of hydrogen-bond donors (Lipinski definition) is 1. The second kappa shape index (κ2) is 6.09. The summed E-state index contributed by atoms with van der Waals surface area (Å²) in [5.41, 5.74) is 7.53. The first-order valence-corrected chi connectivity index (χ1v) is 7.33. The molecular formula is C16H20N4O2. The number of nitrogen functional groups attached to an aromatic ring is 1. The Labute approximate surface area is 129 Å². The van der Waals surface area contributed by atoms with Gasteiger partial charge in [0.25, 0.3) is 0 Å². The maximum atomic E-state index is 5.90. The summed E-state index contributed by atoms with van der Waals surface area (Å²) in [6, 6.07) is 7.61. The molecule has 1 aromatic carbocycles. The highest BCUT2D eigenvalue weighted by atomic mass is 16.5. The van der Waals surface area contributed by atoms with Crippen LogP contribution in [0.3, 0.4) is 0 Å². The third-order valence-electron chi connectivity index (χ3n) is 3.84. The summed E-state index contributed by atoms with van der Waals surface area (Å²) in [6.07, 6.45) is 2.37. The molecule has 2 N–H and O–H groups in total. The minimum absolute atomic E-state index is 0.275. The lowest BCUT2D eigenvalue weighted by Crippen LogP contribution is -2.19. The van der Waals surface area contributed by atoms with Crippen LogP contribution < -0.4 is 20.1 Å². The van der Waals surface area contributed by atoms with E-state index in [0.717, 1.165) is 35.9 Å². The normalized spacial score (nSPS) is 14.2. The molecule has 1 aliphatic heterocycles. The molecule has 3 rings (SSSR count). The highest BCUT2D eigenvalue weighted by Gasteiger charge is 2.17. The van der Waals surface area contributed by atoms with Crippen molar-refractivity contribution in [1.29, 1.82) is 0 Å². The van der Waals surface area contributed by atoms with Crippen LogP contribution in [0.15, 0.2) is 24.3 Å². The van der Waals surface area contributed by atoms with Crippen LogP contribution in [0.4, 0.5) is 11.8 Å². The van der Waals surface area contributed by atoms with Gasteiger partial charge in [0.15, 0.2) is 0 Å². The summed E-state index contributed by atoms with van der Waals surface area (Å²) in [5, 5.41) is 0. The maximum Gasteiger partial charge on any atom is 0.222 e. The van der Waals surface area contributed by atoms with E-state index >= 15 is 0 Å². The van der Waals surface area contributed by atoms with Gasteiger partial charge in [0.2, 0.25) is 5.95 Å². The number of ether oxygens (including phenoxy) is 2. The predicted octanol–water partition coefficient (Wildman–Crippen LogP) is 2.34. The number of methoxy groups -OCH3 is 2. The third kappa shape index (κ3) is 2.77. The Bertz CT molecular complexity index is 669. The Morgan fingerprint density at radius 3 is 2.50 bits per heavy atom. The molecule has 0 atom stereocenters. The molecule has 116 valence electrons. The van der Waals surface area contributed by atoms with E-state index in [1.54, 1.807) is 14.2 Å². The van der Waals surface area contributed by atoms with Crippen molar-refractivity contribution in [3.8, 4) is 22.8 Å². The molecule has 0 radical (unpaired) electrons. The molecule has 1 aromatic heterocycles. The van der Waals surface area contributed by atoms with Crippen LogP contribution in [-0.2, 0) is 0 Å². The zero-order valence-corrected chi connectivity index (χ0v) is 12.9. The average molecular weight is 300 g/mol. The minimum Gasteiger partial charge on any atom is -0.497 e. The summed E-state index contributed by atoms with van der Waals surface area (Å²) >= 11 is 0. The number of nitrogens with two attached hydrogens (primary N) is 1. The Hall–Kier alpha value is -2.50. The van der Waals surface area contributed by atoms with E-state index in [1.807, 2.05) is 24.3 Å². The summed E-state index contributed by atoms with van der Waals surface area (Å²) < 4.78 is 10.7. The van der Waals surface area contributed by atoms with Gasteiger partial charge in [-0.1, -0.05) is 0 Å². The zero-order valence-electron chi connectivity index (χ0n) is 12.9. The van der Waals surface area contributed by atoms with Gasteiger partial charge in [0, 0.05) is 30.8 Å². The molecule has 2 aromatic rings. The van der Waals surface area contributed by atoms with Crippen molar-refractivity contribution < 1.29 is 9.47 Å². The molecule has 0 saturated carbocycles. The van der Waals surface area contributed by atoms with Crippen LogP contribution in [0.1, 0.15) is 12.8 Å². The molecule has 1 saturated heterocycles. The zero-order chi connectivity index (χ0) is 15.5. The van der Waals surface area contributed by atoms with Gasteiger partial charge in [-0.25, -0.2) is 4.98 Å². The first-order valence-electron chi connectivity index (χ1n) is 7.33. The first kappa shape index (κ1) is 14.4. The number of aromatic nitrogens is 2. The summed E-state index contributed by atoms with van der Waals surface area (Å²) in [6.45, 7) is 2.02. The number of nitrogens with zero attached hydrogens (tertiary/aromatic N) is 3. The molecule has 0 spiro atoms. The third-order valence-corrected chi connectivity index (χ3v) is 3.84. The Morgan fingerprint density at radius 1 is 1.05 bits per heavy atom. The van der Waals surface area contributed by atoms with E-state index in [0.29, 0.717) is 5.75 Å². The smallest absolute Gasteiger partial charge is 0.222 e. The van der Waals surface area contributed by atoms with Crippen LogP contribution in [0.5, 0.6) is 11.5 Å². The van der Waals surface area contributed by atoms with Gasteiger partial charge in [-0.3, -0.25) is 0 Å². The van der Waals surface area contributed by atoms with Crippen molar-refractivity contribution in [2.75, 3.05) is 37.9 Å². The highest BCUT2D eigenvalue weighted by molar-refractivity contribution is 5.71. The van der Waals surface area contributed by atoms with Gasteiger partial charge in [-0.05, 0) is 25.0 Å². The lowest BCUT2D eigenvalue weighted by Gasteiger charge is -2.18. The van der Waals surface area contributed by atoms with Gasteiger partial charge in [0.05, 0.1) is 19.9 Å². The minimum atomic E-state index is 0.275. The van der Waals surface area contributed by atoms with Crippen molar-refractivity contribution >= 4 is 11.8 Å². The fraction of sp³-hybridized carbons (Fsp3) is 0.375. The predicted molar refractivity (Wildman–Crippen MR) is 86.4 cm³/mol. The van der Waals surface area contributed by atoms with E-state index in [1.165, 1.54) is 12.8 Å². The summed E-state index contributed by atoms with van der Waals surface area (Å²) in [5.74, 6) is 2.59. The topological polar surface area (TPSA) is 73.5 Å². The number of benzene rings is 1. The standard InChI is InChI=1S/C16H20N4O2/c1-21-11-5-6-12(14(9-11)22-2)13-10-15(19-16(17)18-13)20-7-3-4-8-20/h5-6,9-10H,3-4,7-8H2,1-2H3,(H2,17,18,19). The molecule has 0 bridgehead atoms. The van der Waals surface area contributed by atoms with E-state index in [2.05, 4.69) is 14.9 Å². The van der Waals surface area contributed by atoms with Gasteiger partial charge in [0.1, 0.15) is 17.3 Å². The van der Waals surface area contributed by atoms with Crippen LogP contribution in [-0.4, -0.2) is 37.3 Å². The number of hydrogen-bond acceptors (Lipinski definition) is 6. The van der Waals surface area contributed by atoms with Gasteiger partial charge < -0.3 is 20.1 Å². The molecule has 22 heavy (non-hydrogen) atoms. The quantitative estimate of drug-likeness (QED) is 0.934. The number of rotatable bonds is 4. The van der Waals surface area contributed by atoms with Gasteiger partial charge >= 0.3 is 0 Å². The molecule has 6 nitrogen and oxygen atoms in total. The van der Waals surface area contributed by atoms with Crippen molar-refractivity contribution in [2.45, 2.75) is 12.8 Å². The van der Waals surface area contributed by atoms with Crippen LogP contribution in [0.2, 0.25) is 0 Å². The lowest BCUT2D eigenvalue weighted by molar-refractivity contribution is 0.395. The van der Waals surface area contributed by atoms with Crippen molar-refractivity contribution in [2.24, 2.45) is 0 Å². The molecule has 0 amide bonds. The SMILES string of the molecule is COc1ccc(-c2cc(N3CCCC3)nc(N)n2)c(OC)c1. The molecular weight excluding hydrogens is 280 g/mol. The molecule has 0 aliphatic carbocycles. The molecule has 1 fully saturated rings. The summed E-state index contributed by atoms with van der Waals surface area (Å²) in [7, 11) is 3.26. The van der Waals surface area contributed by atoms with Crippen molar-refractivity contribution in [1.82, 2.24) is 9.97 Å². The Morgan fingerprint density at radius 2 is 1.82 bits per heavy atom. The monoisotopic (exact) mass is 300 g/mol. The van der Waals surface area contributed by atoms with Crippen molar-refractivity contribution in [3.05, 3.63) is 24.3 Å². The first-order chi connectivity index (χ1) is 10.7. The number of anilines is 2. The maximum absolute atomic E-state index is 5.90. The average Bonchev–Trinajstić information content (AvgIpc) is 3.08. The molecule has 2 heterocycles. The van der Waals surface area contributed by atoms with Gasteiger partial charge in [-0.2, -0.15) is 4.98 Å². The fourth-order valence-electron chi connectivity index (χ4n) is 2.71.